The lowest BCUT2D eigenvalue weighted by molar-refractivity contribution is -0.255. The van der Waals surface area contributed by atoms with Gasteiger partial charge in [0.2, 0.25) is 0 Å². The Hall–Kier alpha value is -3.10. The van der Waals surface area contributed by atoms with E-state index in [4.69, 9.17) is 27.9 Å². The molecule has 0 amide bonds. The third-order valence-electron chi connectivity index (χ3n) is 5.61. The number of alkyl halides is 3. The molecule has 1 heterocycles. The number of rotatable bonds is 6. The number of carbonyl (C=O) groups excluding carboxylic acids is 1. The van der Waals surface area contributed by atoms with E-state index in [0.717, 1.165) is 17.8 Å². The topological polar surface area (TPSA) is 62.2 Å². The fourth-order valence-electron chi connectivity index (χ4n) is 4.03. The summed E-state index contributed by atoms with van der Waals surface area (Å²) in [5.41, 5.74) is -0.105. The van der Waals surface area contributed by atoms with Gasteiger partial charge >= 0.3 is 6.18 Å². The predicted octanol–water partition coefficient (Wildman–Crippen LogP) is 6.58. The molecule has 0 radical (unpaired) electrons. The van der Waals surface area contributed by atoms with Gasteiger partial charge < -0.3 is 14.6 Å². The molecule has 0 bridgehead atoms. The molecule has 2 aromatic carbocycles. The summed E-state index contributed by atoms with van der Waals surface area (Å²) in [6.45, 7) is -0.100. The number of aromatic carboxylic acids is 1. The molecule has 0 saturated carbocycles. The minimum absolute atomic E-state index is 0.100. The van der Waals surface area contributed by atoms with Crippen molar-refractivity contribution in [2.45, 2.75) is 32.0 Å². The maximum Gasteiger partial charge on any atom is 0.433 e. The van der Waals surface area contributed by atoms with Gasteiger partial charge in [-0.3, -0.25) is 4.98 Å². The van der Waals surface area contributed by atoms with Crippen LogP contribution >= 0.6 is 23.2 Å². The van der Waals surface area contributed by atoms with Crippen molar-refractivity contribution in [1.82, 2.24) is 4.98 Å². The second-order valence-corrected chi connectivity index (χ2v) is 8.75. The van der Waals surface area contributed by atoms with E-state index < -0.39 is 29.2 Å². The van der Waals surface area contributed by atoms with Crippen LogP contribution in [0.15, 0.2) is 48.7 Å². The Bertz CT molecular complexity index is 1340. The normalized spacial score (nSPS) is 13.9. The SMILES string of the molecule is O=C([O-])c1cc(C2=C(c3cc(Cl)ccc3OCc3ccc(Cl)cc3F)CCC2)cnc1C(F)(F)F. The largest absolute Gasteiger partial charge is 0.545 e. The van der Waals surface area contributed by atoms with Crippen molar-refractivity contribution in [1.29, 1.82) is 0 Å². The van der Waals surface area contributed by atoms with Gasteiger partial charge in [0.1, 0.15) is 18.2 Å². The number of carbonyl (C=O) groups is 1. The van der Waals surface area contributed by atoms with Crippen LogP contribution in [0.5, 0.6) is 5.75 Å². The summed E-state index contributed by atoms with van der Waals surface area (Å²) < 4.78 is 59.7. The number of pyridine rings is 1. The van der Waals surface area contributed by atoms with Crippen molar-refractivity contribution >= 4 is 40.3 Å². The third-order valence-corrected chi connectivity index (χ3v) is 6.08. The summed E-state index contributed by atoms with van der Waals surface area (Å²) >= 11 is 12.0. The van der Waals surface area contributed by atoms with Gasteiger partial charge in [-0.1, -0.05) is 29.3 Å². The van der Waals surface area contributed by atoms with E-state index in [1.807, 2.05) is 0 Å². The second-order valence-electron chi connectivity index (χ2n) is 7.88. The number of nitrogens with zero attached hydrogens (tertiary/aromatic N) is 1. The summed E-state index contributed by atoms with van der Waals surface area (Å²) in [5, 5.41) is 12.1. The van der Waals surface area contributed by atoms with Crippen LogP contribution in [-0.2, 0) is 12.8 Å². The van der Waals surface area contributed by atoms with E-state index in [2.05, 4.69) is 4.98 Å². The lowest BCUT2D eigenvalue weighted by atomic mass is 9.96. The van der Waals surface area contributed by atoms with Crippen LogP contribution in [0, 0.1) is 5.82 Å². The Balaban J connectivity index is 1.75. The van der Waals surface area contributed by atoms with Crippen molar-refractivity contribution < 1.29 is 32.2 Å². The van der Waals surface area contributed by atoms with Crippen molar-refractivity contribution in [3.8, 4) is 5.75 Å². The fraction of sp³-hybridized carbons (Fsp3) is 0.200. The molecule has 0 saturated heterocycles. The molecule has 10 heteroatoms. The van der Waals surface area contributed by atoms with Gasteiger partial charge in [-0.25, -0.2) is 4.39 Å². The van der Waals surface area contributed by atoms with E-state index in [-0.39, 0.29) is 22.8 Å². The minimum Gasteiger partial charge on any atom is -0.545 e. The predicted molar refractivity (Wildman–Crippen MR) is 121 cm³/mol. The highest BCUT2D eigenvalue weighted by atomic mass is 35.5. The van der Waals surface area contributed by atoms with Gasteiger partial charge in [-0.2, -0.15) is 13.2 Å². The number of ether oxygens (including phenoxy) is 1. The molecule has 0 spiro atoms. The molecule has 1 aliphatic rings. The van der Waals surface area contributed by atoms with Gasteiger partial charge in [-0.05, 0) is 72.4 Å². The molecule has 4 rings (SSSR count). The zero-order chi connectivity index (χ0) is 25.3. The van der Waals surface area contributed by atoms with Gasteiger partial charge in [0.15, 0.2) is 5.69 Å². The van der Waals surface area contributed by atoms with E-state index in [9.17, 15) is 27.5 Å². The standard InChI is InChI=1S/C25H17Cl2F4NO3/c26-15-6-7-22(35-12-13-4-5-16(27)10-21(13)28)19(9-15)18-3-1-2-17(18)14-8-20(24(33)34)23(32-11-14)25(29,30)31/h4-11H,1-3,12H2,(H,33,34)/p-1. The molecule has 0 aliphatic heterocycles. The Labute approximate surface area is 207 Å². The number of benzene rings is 2. The average molecular weight is 525 g/mol. The third kappa shape index (κ3) is 5.44. The fourth-order valence-corrected chi connectivity index (χ4v) is 4.36. The Morgan fingerprint density at radius 1 is 1.03 bits per heavy atom. The molecule has 0 unspecified atom stereocenters. The first kappa shape index (κ1) is 25.0. The molecule has 4 nitrogen and oxygen atoms in total. The van der Waals surface area contributed by atoms with Crippen LogP contribution in [0.4, 0.5) is 17.6 Å². The van der Waals surface area contributed by atoms with Crippen LogP contribution in [-0.4, -0.2) is 11.0 Å². The molecule has 1 aliphatic carbocycles. The smallest absolute Gasteiger partial charge is 0.433 e. The number of hydrogen-bond donors (Lipinski definition) is 0. The summed E-state index contributed by atoms with van der Waals surface area (Å²) in [6, 6.07) is 10.0. The van der Waals surface area contributed by atoms with Gasteiger partial charge in [-0.15, -0.1) is 0 Å². The first-order valence-corrected chi connectivity index (χ1v) is 11.2. The van der Waals surface area contributed by atoms with Crippen molar-refractivity contribution in [2.24, 2.45) is 0 Å². The minimum atomic E-state index is -4.94. The van der Waals surface area contributed by atoms with Crippen LogP contribution in [0.25, 0.3) is 11.1 Å². The van der Waals surface area contributed by atoms with E-state index in [0.29, 0.717) is 41.2 Å². The molecular formula is C25H16Cl2F4NO3-. The number of carboxylic acid groups (broad SMARTS) is 1. The first-order chi connectivity index (χ1) is 16.5. The van der Waals surface area contributed by atoms with Crippen LogP contribution in [0.1, 0.15) is 52.0 Å². The summed E-state index contributed by atoms with van der Waals surface area (Å²) in [6.07, 6.45) is -2.24. The number of hydrogen-bond acceptors (Lipinski definition) is 4. The number of carboxylic acids is 1. The Kier molecular flexibility index (Phi) is 7.05. The van der Waals surface area contributed by atoms with Crippen LogP contribution in [0.3, 0.4) is 0 Å². The van der Waals surface area contributed by atoms with Gasteiger partial charge in [0, 0.05) is 32.9 Å². The first-order valence-electron chi connectivity index (χ1n) is 10.4. The molecule has 35 heavy (non-hydrogen) atoms. The maximum atomic E-state index is 14.2. The highest BCUT2D eigenvalue weighted by Crippen LogP contribution is 2.44. The van der Waals surface area contributed by atoms with Crippen molar-refractivity contribution in [3.63, 3.8) is 0 Å². The second kappa shape index (κ2) is 9.87. The zero-order valence-electron chi connectivity index (χ0n) is 17.9. The van der Waals surface area contributed by atoms with Crippen molar-refractivity contribution in [2.75, 3.05) is 0 Å². The number of allylic oxidation sites excluding steroid dienone is 2. The molecule has 0 fully saturated rings. The quantitative estimate of drug-likeness (QED) is 0.341. The summed E-state index contributed by atoms with van der Waals surface area (Å²) in [4.78, 5) is 14.8. The average Bonchev–Trinajstić information content (AvgIpc) is 3.28. The summed E-state index contributed by atoms with van der Waals surface area (Å²) in [7, 11) is 0. The van der Waals surface area contributed by atoms with Crippen LogP contribution < -0.4 is 9.84 Å². The molecule has 0 N–H and O–H groups in total. The molecule has 0 atom stereocenters. The van der Waals surface area contributed by atoms with Gasteiger partial charge in [0.25, 0.3) is 0 Å². The Morgan fingerprint density at radius 2 is 1.71 bits per heavy atom. The lowest BCUT2D eigenvalue weighted by Crippen LogP contribution is -2.27. The van der Waals surface area contributed by atoms with E-state index >= 15 is 0 Å². The molecule has 1 aromatic heterocycles. The molecule has 3 aromatic rings. The number of aromatic nitrogens is 1. The maximum absolute atomic E-state index is 14.2. The van der Waals surface area contributed by atoms with Crippen LogP contribution in [0.2, 0.25) is 10.0 Å². The number of halogens is 6. The lowest BCUT2D eigenvalue weighted by Gasteiger charge is -2.17. The highest BCUT2D eigenvalue weighted by Gasteiger charge is 2.36. The molecular weight excluding hydrogens is 509 g/mol. The van der Waals surface area contributed by atoms with Gasteiger partial charge in [0.05, 0.1) is 5.97 Å². The zero-order valence-corrected chi connectivity index (χ0v) is 19.4. The Morgan fingerprint density at radius 3 is 2.40 bits per heavy atom. The van der Waals surface area contributed by atoms with Crippen molar-refractivity contribution in [3.05, 3.63) is 92.5 Å². The molecule has 182 valence electrons. The van der Waals surface area contributed by atoms with E-state index in [1.165, 1.54) is 18.2 Å². The monoisotopic (exact) mass is 524 g/mol. The van der Waals surface area contributed by atoms with E-state index in [1.54, 1.807) is 18.2 Å². The summed E-state index contributed by atoms with van der Waals surface area (Å²) in [5.74, 6) is -2.11. The highest BCUT2D eigenvalue weighted by molar-refractivity contribution is 6.31.